The standard InChI is InChI=1S/C35H53N3O6/c1-21(2)36-31(40)37-24-7-9-25(10-8-24)38-32(41)44-26-13-16-33(3)23(19-26)6-11-29-28(33)14-17-34(4)27(15-18-35(29,34)42)22-5-12-30(39)43-20-22/h5,12,20-21,23-29,42H,6-11,13-19H2,1-4H3,(H,38,41)(H2,36,37,40)/t23-,24?,25?,26+,27-,28+,29-,33+,34-,35+/m1/s1. The zero-order chi connectivity index (χ0) is 31.3. The number of rotatable bonds is 5. The summed E-state index contributed by atoms with van der Waals surface area (Å²) in [5.74, 6) is 1.42. The zero-order valence-electron chi connectivity index (χ0n) is 27.0. The summed E-state index contributed by atoms with van der Waals surface area (Å²) in [7, 11) is 0. The Balaban J connectivity index is 1.02. The lowest BCUT2D eigenvalue weighted by atomic mass is 9.43. The van der Waals surface area contributed by atoms with Crippen LogP contribution < -0.4 is 21.6 Å². The maximum absolute atomic E-state index is 12.9. The highest BCUT2D eigenvalue weighted by atomic mass is 16.6. The van der Waals surface area contributed by atoms with E-state index in [1.54, 1.807) is 6.26 Å². The lowest BCUT2D eigenvalue weighted by Crippen LogP contribution is -2.62. The summed E-state index contributed by atoms with van der Waals surface area (Å²) >= 11 is 0. The molecule has 5 aliphatic carbocycles. The van der Waals surface area contributed by atoms with Crippen LogP contribution in [0.4, 0.5) is 9.59 Å². The second-order valence-electron chi connectivity index (χ2n) is 15.6. The molecular formula is C35H53N3O6. The lowest BCUT2D eigenvalue weighted by molar-refractivity contribution is -0.205. The molecule has 4 N–H and O–H groups in total. The SMILES string of the molecule is CC(C)NC(=O)NC1CCC(NC(=O)O[C@H]2CC[C@@]3(C)[C@H](CC[C@@H]4[C@@H]3CC[C@]3(C)[C@@H](c5ccc(=O)oc5)CC[C@]43O)C2)CC1. The molecule has 8 atom stereocenters. The molecule has 0 unspecified atom stereocenters. The summed E-state index contributed by atoms with van der Waals surface area (Å²) in [5.41, 5.74) is -0.100. The zero-order valence-corrected chi connectivity index (χ0v) is 27.0. The van der Waals surface area contributed by atoms with Crippen LogP contribution >= 0.6 is 0 Å². The summed E-state index contributed by atoms with van der Waals surface area (Å²) in [6.45, 7) is 8.61. The first kappa shape index (κ1) is 31.4. The van der Waals surface area contributed by atoms with E-state index in [-0.39, 0.29) is 64.6 Å². The molecule has 0 aromatic carbocycles. The van der Waals surface area contributed by atoms with Crippen molar-refractivity contribution in [3.8, 4) is 0 Å². The van der Waals surface area contributed by atoms with Crippen molar-refractivity contribution in [3.05, 3.63) is 34.4 Å². The van der Waals surface area contributed by atoms with Crippen molar-refractivity contribution >= 4 is 12.1 Å². The average molecular weight is 612 g/mol. The molecule has 0 aliphatic heterocycles. The van der Waals surface area contributed by atoms with Crippen molar-refractivity contribution in [2.45, 2.75) is 147 Å². The number of aliphatic hydroxyl groups is 1. The van der Waals surface area contributed by atoms with Gasteiger partial charge in [0.2, 0.25) is 0 Å². The van der Waals surface area contributed by atoms with Gasteiger partial charge in [-0.2, -0.15) is 0 Å². The van der Waals surface area contributed by atoms with E-state index in [1.165, 1.54) is 6.07 Å². The van der Waals surface area contributed by atoms with Crippen LogP contribution in [0.2, 0.25) is 0 Å². The van der Waals surface area contributed by atoms with Gasteiger partial charge in [-0.15, -0.1) is 0 Å². The highest BCUT2D eigenvalue weighted by molar-refractivity contribution is 5.74. The normalized spacial score (nSPS) is 41.5. The van der Waals surface area contributed by atoms with E-state index in [9.17, 15) is 19.5 Å². The van der Waals surface area contributed by atoms with Crippen molar-refractivity contribution in [2.24, 2.45) is 28.6 Å². The van der Waals surface area contributed by atoms with Crippen molar-refractivity contribution in [2.75, 3.05) is 0 Å². The second-order valence-corrected chi connectivity index (χ2v) is 15.6. The Labute approximate surface area is 261 Å². The highest BCUT2D eigenvalue weighted by Gasteiger charge is 2.67. The number of carbonyl (C=O) groups excluding carboxylic acids is 2. The van der Waals surface area contributed by atoms with Gasteiger partial charge in [0.1, 0.15) is 6.10 Å². The molecule has 5 fully saturated rings. The van der Waals surface area contributed by atoms with E-state index in [0.717, 1.165) is 89.0 Å². The van der Waals surface area contributed by atoms with Crippen LogP contribution in [0.15, 0.2) is 27.6 Å². The first-order valence-corrected chi connectivity index (χ1v) is 17.3. The molecule has 9 nitrogen and oxygen atoms in total. The number of amides is 3. The molecule has 0 saturated heterocycles. The molecule has 1 aromatic heterocycles. The number of ether oxygens (including phenoxy) is 1. The van der Waals surface area contributed by atoms with Gasteiger partial charge >= 0.3 is 17.7 Å². The molecule has 1 heterocycles. The Bertz CT molecular complexity index is 1250. The summed E-state index contributed by atoms with van der Waals surface area (Å²) in [6.07, 6.45) is 13.2. The third-order valence-corrected chi connectivity index (χ3v) is 13.0. The number of hydrogen-bond acceptors (Lipinski definition) is 6. The number of alkyl carbamates (subject to hydrolysis) is 1. The second kappa shape index (κ2) is 12.0. The van der Waals surface area contributed by atoms with Gasteiger partial charge in [0.15, 0.2) is 0 Å². The summed E-state index contributed by atoms with van der Waals surface area (Å²) in [4.78, 5) is 36.5. The molecule has 3 amide bonds. The third-order valence-electron chi connectivity index (χ3n) is 13.0. The van der Waals surface area contributed by atoms with Crippen molar-refractivity contribution in [1.82, 2.24) is 16.0 Å². The fraction of sp³-hybridized carbons (Fsp3) is 0.800. The Morgan fingerprint density at radius 1 is 0.909 bits per heavy atom. The molecule has 6 rings (SSSR count). The van der Waals surface area contributed by atoms with E-state index >= 15 is 0 Å². The predicted molar refractivity (Wildman–Crippen MR) is 167 cm³/mol. The minimum atomic E-state index is -0.718. The molecule has 0 bridgehead atoms. The quantitative estimate of drug-likeness (QED) is 0.323. The first-order valence-electron chi connectivity index (χ1n) is 17.3. The van der Waals surface area contributed by atoms with Crippen LogP contribution in [0.5, 0.6) is 0 Å². The topological polar surface area (TPSA) is 130 Å². The van der Waals surface area contributed by atoms with Crippen molar-refractivity contribution in [3.63, 3.8) is 0 Å². The monoisotopic (exact) mass is 611 g/mol. The van der Waals surface area contributed by atoms with Gasteiger partial charge in [0, 0.05) is 29.6 Å². The maximum Gasteiger partial charge on any atom is 0.407 e. The third kappa shape index (κ3) is 5.67. The van der Waals surface area contributed by atoms with Gasteiger partial charge in [-0.05, 0) is 138 Å². The Morgan fingerprint density at radius 3 is 2.32 bits per heavy atom. The molecule has 5 saturated carbocycles. The Hall–Kier alpha value is -2.55. The van der Waals surface area contributed by atoms with Gasteiger partial charge in [0.25, 0.3) is 0 Å². The van der Waals surface area contributed by atoms with Crippen LogP contribution in [0, 0.1) is 28.6 Å². The molecule has 44 heavy (non-hydrogen) atoms. The first-order chi connectivity index (χ1) is 20.9. The van der Waals surface area contributed by atoms with Crippen LogP contribution in [0.1, 0.15) is 123 Å². The van der Waals surface area contributed by atoms with Crippen LogP contribution in [-0.4, -0.2) is 47.1 Å². The van der Waals surface area contributed by atoms with Gasteiger partial charge < -0.3 is 30.2 Å². The van der Waals surface area contributed by atoms with Crippen molar-refractivity contribution < 1.29 is 23.8 Å². The minimum Gasteiger partial charge on any atom is -0.446 e. The van der Waals surface area contributed by atoms with Gasteiger partial charge in [-0.1, -0.05) is 13.8 Å². The van der Waals surface area contributed by atoms with Crippen molar-refractivity contribution in [1.29, 1.82) is 0 Å². The van der Waals surface area contributed by atoms with Crippen LogP contribution in [0.3, 0.4) is 0 Å². The number of urea groups is 1. The van der Waals surface area contributed by atoms with Crippen LogP contribution in [0.25, 0.3) is 0 Å². The number of carbonyl (C=O) groups is 2. The molecule has 1 aromatic rings. The minimum absolute atomic E-state index is 0.0668. The molecule has 9 heteroatoms. The van der Waals surface area contributed by atoms with E-state index in [2.05, 4.69) is 29.8 Å². The highest BCUT2D eigenvalue weighted by Crippen LogP contribution is 2.70. The fourth-order valence-corrected chi connectivity index (χ4v) is 10.6. The summed E-state index contributed by atoms with van der Waals surface area (Å²) in [5, 5.41) is 21.5. The van der Waals surface area contributed by atoms with E-state index in [4.69, 9.17) is 9.15 Å². The fourth-order valence-electron chi connectivity index (χ4n) is 10.6. The Kier molecular flexibility index (Phi) is 8.57. The Morgan fingerprint density at radius 2 is 1.64 bits per heavy atom. The smallest absolute Gasteiger partial charge is 0.407 e. The maximum atomic E-state index is 12.9. The summed E-state index contributed by atoms with van der Waals surface area (Å²) in [6, 6.07) is 3.60. The molecule has 244 valence electrons. The van der Waals surface area contributed by atoms with E-state index in [1.807, 2.05) is 19.9 Å². The molecule has 0 radical (unpaired) electrons. The van der Waals surface area contributed by atoms with E-state index < -0.39 is 5.60 Å². The largest absolute Gasteiger partial charge is 0.446 e. The average Bonchev–Trinajstić information content (AvgIpc) is 3.25. The molecular weight excluding hydrogens is 558 g/mol. The van der Waals surface area contributed by atoms with Gasteiger partial charge in [-0.25, -0.2) is 14.4 Å². The van der Waals surface area contributed by atoms with Gasteiger partial charge in [-0.3, -0.25) is 0 Å². The number of hydrogen-bond donors (Lipinski definition) is 4. The summed E-state index contributed by atoms with van der Waals surface area (Å²) < 4.78 is 11.3. The predicted octanol–water partition coefficient (Wildman–Crippen LogP) is 5.99. The van der Waals surface area contributed by atoms with Gasteiger partial charge in [0.05, 0.1) is 11.9 Å². The molecule has 5 aliphatic rings. The number of nitrogens with one attached hydrogen (secondary N) is 3. The van der Waals surface area contributed by atoms with Crippen LogP contribution in [-0.2, 0) is 4.74 Å². The van der Waals surface area contributed by atoms with E-state index in [0.29, 0.717) is 11.8 Å². The number of fused-ring (bicyclic) bond motifs is 5. The molecule has 0 spiro atoms. The lowest BCUT2D eigenvalue weighted by Gasteiger charge is -2.63.